The second kappa shape index (κ2) is 15.3. The van der Waals surface area contributed by atoms with Crippen molar-refractivity contribution in [1.29, 1.82) is 0 Å². The van der Waals surface area contributed by atoms with Crippen molar-refractivity contribution >= 4 is 57.4 Å². The maximum absolute atomic E-state index is 5.73. The van der Waals surface area contributed by atoms with Crippen molar-refractivity contribution < 1.29 is 4.57 Å². The molecule has 0 aliphatic heterocycles. The molecule has 6 heteroatoms. The fraction of sp³-hybridized carbons (Fsp3) is 0.0667. The molecule has 0 unspecified atom stereocenters. The molecule has 0 fully saturated rings. The first-order chi connectivity index (χ1) is 17.6. The van der Waals surface area contributed by atoms with Gasteiger partial charge in [-0.2, -0.15) is 0 Å². The highest BCUT2D eigenvalue weighted by atomic mass is 33.1. The van der Waals surface area contributed by atoms with Gasteiger partial charge in [0.2, 0.25) is 0 Å². The van der Waals surface area contributed by atoms with Crippen LogP contribution in [0.4, 0.5) is 11.4 Å². The van der Waals surface area contributed by atoms with Crippen molar-refractivity contribution in [1.82, 2.24) is 0 Å². The monoisotopic (exact) mass is 511 g/mol. The molecular weight excluding hydrogens is 480 g/mol. The van der Waals surface area contributed by atoms with Gasteiger partial charge in [-0.1, -0.05) is 82.8 Å². The summed E-state index contributed by atoms with van der Waals surface area (Å²) >= 11 is 0. The Kier molecular flexibility index (Phi) is 11.4. The number of pyridine rings is 1. The Morgan fingerprint density at radius 3 is 2.03 bits per heavy atom. The summed E-state index contributed by atoms with van der Waals surface area (Å²) in [5.74, 6) is 1.00. The molecule has 36 heavy (non-hydrogen) atoms. The van der Waals surface area contributed by atoms with E-state index in [0.717, 1.165) is 40.4 Å². The first-order valence-electron chi connectivity index (χ1n) is 11.5. The number of hydrogen-bond donors (Lipinski definition) is 2. The lowest BCUT2D eigenvalue weighted by Crippen LogP contribution is -2.33. The minimum atomic E-state index is 0.758. The number of nitrogens with zero attached hydrogens (tertiary/aromatic N) is 2. The van der Waals surface area contributed by atoms with E-state index in [-0.39, 0.29) is 0 Å². The third kappa shape index (κ3) is 10.3. The second-order valence-corrected chi connectivity index (χ2v) is 10.1. The molecule has 0 radical (unpaired) electrons. The van der Waals surface area contributed by atoms with Crippen molar-refractivity contribution in [3.63, 3.8) is 0 Å². The van der Waals surface area contributed by atoms with Crippen molar-refractivity contribution in [2.75, 3.05) is 17.2 Å². The molecule has 3 rings (SSSR count). The topological polar surface area (TPSA) is 68.3 Å². The van der Waals surface area contributed by atoms with Crippen molar-refractivity contribution in [3.8, 4) is 0 Å². The molecule has 182 valence electrons. The van der Waals surface area contributed by atoms with Gasteiger partial charge in [0.05, 0.1) is 5.75 Å². The first kappa shape index (κ1) is 26.9. The van der Waals surface area contributed by atoms with Crippen LogP contribution in [0.15, 0.2) is 120 Å². The molecule has 0 saturated carbocycles. The zero-order valence-electron chi connectivity index (χ0n) is 20.1. The van der Waals surface area contributed by atoms with E-state index in [1.165, 1.54) is 5.56 Å². The fourth-order valence-electron chi connectivity index (χ4n) is 2.99. The van der Waals surface area contributed by atoms with E-state index in [4.69, 9.17) is 11.5 Å². The van der Waals surface area contributed by atoms with Crippen molar-refractivity contribution in [2.24, 2.45) is 4.99 Å². The number of aryl methyl sites for hydroxylation is 1. The van der Waals surface area contributed by atoms with Gasteiger partial charge in [-0.25, -0.2) is 4.57 Å². The van der Waals surface area contributed by atoms with Gasteiger partial charge in [-0.3, -0.25) is 4.99 Å². The maximum Gasteiger partial charge on any atom is 0.169 e. The minimum absolute atomic E-state index is 0.758. The molecule has 0 saturated heterocycles. The van der Waals surface area contributed by atoms with Gasteiger partial charge < -0.3 is 11.5 Å². The molecule has 4 nitrogen and oxygen atoms in total. The average molecular weight is 512 g/mol. The molecule has 0 aliphatic carbocycles. The highest BCUT2D eigenvalue weighted by Gasteiger charge is 2.00. The molecule has 3 aromatic rings. The predicted octanol–water partition coefficient (Wildman–Crippen LogP) is 7.06. The van der Waals surface area contributed by atoms with Crippen LogP contribution < -0.4 is 16.0 Å². The molecule has 0 spiro atoms. The van der Waals surface area contributed by atoms with Crippen LogP contribution in [0.5, 0.6) is 0 Å². The predicted molar refractivity (Wildman–Crippen MR) is 162 cm³/mol. The normalized spacial score (nSPS) is 12.4. The minimum Gasteiger partial charge on any atom is -0.399 e. The van der Waals surface area contributed by atoms with Gasteiger partial charge in [0.1, 0.15) is 0 Å². The summed E-state index contributed by atoms with van der Waals surface area (Å²) < 4.78 is 2.19. The van der Waals surface area contributed by atoms with Crippen LogP contribution in [-0.4, -0.2) is 12.0 Å². The summed E-state index contributed by atoms with van der Waals surface area (Å²) in [5.41, 5.74) is 17.4. The summed E-state index contributed by atoms with van der Waals surface area (Å²) in [6.07, 6.45) is 19.7. The third-order valence-electron chi connectivity index (χ3n) is 5.02. The summed E-state index contributed by atoms with van der Waals surface area (Å²) in [6, 6.07) is 19.8. The number of nitrogen functional groups attached to an aromatic ring is 2. The van der Waals surface area contributed by atoms with Crippen LogP contribution in [-0.2, 0) is 6.54 Å². The van der Waals surface area contributed by atoms with Gasteiger partial charge in [0.25, 0.3) is 0 Å². The Hall–Kier alpha value is -3.74. The Balaban J connectivity index is 1.34. The van der Waals surface area contributed by atoms with Crippen LogP contribution >= 0.6 is 21.6 Å². The van der Waals surface area contributed by atoms with Gasteiger partial charge in [0.15, 0.2) is 18.9 Å². The molecule has 1 aromatic heterocycles. The Morgan fingerprint density at radius 1 is 0.833 bits per heavy atom. The van der Waals surface area contributed by atoms with Gasteiger partial charge in [0, 0.05) is 41.3 Å². The van der Waals surface area contributed by atoms with Gasteiger partial charge in [-0.05, 0) is 52.6 Å². The fourth-order valence-corrected chi connectivity index (χ4v) is 4.47. The van der Waals surface area contributed by atoms with E-state index in [0.29, 0.717) is 0 Å². The number of hydrogen-bond acceptors (Lipinski definition) is 5. The van der Waals surface area contributed by atoms with Gasteiger partial charge in [-0.15, -0.1) is 0 Å². The largest absolute Gasteiger partial charge is 0.399 e. The van der Waals surface area contributed by atoms with Crippen LogP contribution in [0, 0.1) is 0 Å². The van der Waals surface area contributed by atoms with E-state index in [9.17, 15) is 0 Å². The summed E-state index contributed by atoms with van der Waals surface area (Å²) in [5, 5.41) is 1.99. The highest BCUT2D eigenvalue weighted by Crippen LogP contribution is 2.21. The number of nitrogens with two attached hydrogens (primary N) is 2. The summed E-state index contributed by atoms with van der Waals surface area (Å²) in [7, 11) is 3.48. The number of allylic oxidation sites excluding steroid dienone is 4. The highest BCUT2D eigenvalue weighted by molar-refractivity contribution is 8.77. The lowest BCUT2D eigenvalue weighted by atomic mass is 10.1. The zero-order valence-corrected chi connectivity index (χ0v) is 21.7. The van der Waals surface area contributed by atoms with Crippen LogP contribution in [0.25, 0.3) is 18.2 Å². The van der Waals surface area contributed by atoms with E-state index in [1.807, 2.05) is 72.2 Å². The Bertz CT molecular complexity index is 1240. The second-order valence-electron chi connectivity index (χ2n) is 7.74. The number of aromatic nitrogens is 1. The summed E-state index contributed by atoms with van der Waals surface area (Å²) in [4.78, 5) is 4.30. The number of anilines is 2. The molecule has 0 amide bonds. The molecule has 2 aromatic carbocycles. The summed E-state index contributed by atoms with van der Waals surface area (Å²) in [6.45, 7) is 4.80. The molecular formula is C30H31N4S2+. The number of aliphatic imine (C=N–C) groups is 1. The zero-order chi connectivity index (χ0) is 25.4. The van der Waals surface area contributed by atoms with E-state index in [1.54, 1.807) is 40.1 Å². The first-order valence-corrected chi connectivity index (χ1v) is 13.9. The molecule has 0 atom stereocenters. The quantitative estimate of drug-likeness (QED) is 0.0682. The van der Waals surface area contributed by atoms with Crippen LogP contribution in [0.2, 0.25) is 0 Å². The Morgan fingerprint density at radius 2 is 1.42 bits per heavy atom. The third-order valence-corrected chi connectivity index (χ3v) is 6.98. The van der Waals surface area contributed by atoms with Crippen LogP contribution in [0.1, 0.15) is 16.7 Å². The SMILES string of the molecule is C=CC(/C=C/c1ccc(N)cc1)=C\C=N/C=C/SSCC[n+]1ccc(/C=C/c2ccc(N)cc2)cc1. The van der Waals surface area contributed by atoms with Gasteiger partial charge >= 0.3 is 0 Å². The Labute approximate surface area is 221 Å². The lowest BCUT2D eigenvalue weighted by molar-refractivity contribution is -0.692. The number of benzene rings is 2. The molecule has 1 heterocycles. The van der Waals surface area contributed by atoms with Crippen LogP contribution in [0.3, 0.4) is 0 Å². The lowest BCUT2D eigenvalue weighted by Gasteiger charge is -1.98. The van der Waals surface area contributed by atoms with E-state index < -0.39 is 0 Å². The van der Waals surface area contributed by atoms with Crippen molar-refractivity contribution in [2.45, 2.75) is 6.54 Å². The smallest absolute Gasteiger partial charge is 0.169 e. The maximum atomic E-state index is 5.73. The number of rotatable bonds is 12. The molecule has 4 N–H and O–H groups in total. The standard InChI is InChI=1S/C30H30N4S2/c1-2-25(3-4-26-7-11-29(31)12-8-26)15-18-33-19-23-35-36-24-22-34-20-16-28(17-21-34)6-5-27-9-13-30(32)14-10-27/h2-21,23,32H,1,22,24H2,(H2,31,33)/p+1/b23-19+. The van der Waals surface area contributed by atoms with E-state index >= 15 is 0 Å². The molecule has 0 aliphatic rings. The average Bonchev–Trinajstić information content (AvgIpc) is 2.90. The van der Waals surface area contributed by atoms with Crippen molar-refractivity contribution in [3.05, 3.63) is 132 Å². The molecule has 0 bridgehead atoms. The van der Waals surface area contributed by atoms with E-state index in [2.05, 4.69) is 52.8 Å².